The molecule has 0 bridgehead atoms. The van der Waals surface area contributed by atoms with Crippen molar-refractivity contribution < 1.29 is 43.0 Å². The summed E-state index contributed by atoms with van der Waals surface area (Å²) in [5.74, 6) is 4.40. The molecule has 7 heterocycles. The van der Waals surface area contributed by atoms with Gasteiger partial charge < -0.3 is 23.7 Å². The molecule has 0 N–H and O–H groups in total. The summed E-state index contributed by atoms with van der Waals surface area (Å²) < 4.78 is 35.7. The minimum Gasteiger partial charge on any atom is -0.465 e. The van der Waals surface area contributed by atoms with Gasteiger partial charge in [0, 0.05) is 110 Å². The van der Waals surface area contributed by atoms with E-state index in [1.807, 2.05) is 150 Å². The highest BCUT2D eigenvalue weighted by molar-refractivity contribution is 5.90. The van der Waals surface area contributed by atoms with E-state index in [1.165, 1.54) is 26.9 Å². The molecule has 548 valence electrons. The third-order valence-electron chi connectivity index (χ3n) is 14.9. The number of carbonyl (C=O) groups excluding carboxylic acids is 2. The molecule has 0 saturated heterocycles. The number of rotatable bonds is 18. The lowest BCUT2D eigenvalue weighted by molar-refractivity contribution is -0.282. The van der Waals surface area contributed by atoms with Crippen LogP contribution in [0.25, 0.3) is 79.7 Å². The van der Waals surface area contributed by atoms with Gasteiger partial charge in [0.15, 0.2) is 40.8 Å². The van der Waals surface area contributed by atoms with Gasteiger partial charge in [-0.05, 0) is 126 Å². The number of nitrogens with zero attached hydrogens (tertiary/aromatic N) is 28. The van der Waals surface area contributed by atoms with Crippen molar-refractivity contribution in [3.63, 3.8) is 0 Å². The highest BCUT2D eigenvalue weighted by atomic mass is 17.2. The number of hydrogen-bond acceptors (Lipinski definition) is 30. The minimum atomic E-state index is -0.359. The zero-order valence-corrected chi connectivity index (χ0v) is 60.7. The lowest BCUT2D eigenvalue weighted by Gasteiger charge is -2.02. The molecule has 106 heavy (non-hydrogen) atoms. The van der Waals surface area contributed by atoms with E-state index in [2.05, 4.69) is 130 Å². The monoisotopic (exact) mass is 1440 g/mol. The molecule has 37 nitrogen and oxygen atoms in total. The van der Waals surface area contributed by atoms with Gasteiger partial charge in [-0.2, -0.15) is 0 Å². The predicted molar refractivity (Wildman–Crippen MR) is 381 cm³/mol. The van der Waals surface area contributed by atoms with Crippen LogP contribution >= 0.6 is 0 Å². The van der Waals surface area contributed by atoms with Gasteiger partial charge in [-0.3, -0.25) is 0 Å². The van der Waals surface area contributed by atoms with Gasteiger partial charge >= 0.3 is 11.9 Å². The maximum absolute atomic E-state index is 11.2. The fourth-order valence-corrected chi connectivity index (χ4v) is 9.39. The molecule has 0 radical (unpaired) electrons. The van der Waals surface area contributed by atoms with E-state index < -0.39 is 0 Å². The van der Waals surface area contributed by atoms with E-state index in [0.717, 1.165) is 90.3 Å². The lowest BCUT2D eigenvalue weighted by atomic mass is 10.1. The van der Waals surface area contributed by atoms with Crippen LogP contribution in [0.1, 0.15) is 48.5 Å². The molecule has 0 amide bonds. The van der Waals surface area contributed by atoms with Crippen LogP contribution in [-0.2, 0) is 109 Å². The average molecular weight is 1440 g/mol. The summed E-state index contributed by atoms with van der Waals surface area (Å²) in [4.78, 5) is 31.8. The Kier molecular flexibility index (Phi) is 29.9. The molecule has 0 atom stereocenters. The highest BCUT2D eigenvalue weighted by Gasteiger charge is 2.13. The Bertz CT molecular complexity index is 4600. The fraction of sp³-hybridized carbons (Fsp3) is 0.261. The van der Waals surface area contributed by atoms with Gasteiger partial charge in [-0.15, -0.1) is 35.7 Å². The zero-order chi connectivity index (χ0) is 75.7. The molecule has 7 aromatic heterocycles. The van der Waals surface area contributed by atoms with Crippen LogP contribution in [0.3, 0.4) is 0 Å². The van der Waals surface area contributed by atoms with Crippen molar-refractivity contribution in [3.05, 3.63) is 209 Å². The first-order chi connectivity index (χ1) is 51.4. The van der Waals surface area contributed by atoms with E-state index in [0.29, 0.717) is 49.2 Å². The Hall–Kier alpha value is -13.2. The van der Waals surface area contributed by atoms with E-state index in [9.17, 15) is 9.59 Å². The Morgan fingerprint density at radius 2 is 0.462 bits per heavy atom. The van der Waals surface area contributed by atoms with Crippen LogP contribution in [0.4, 0.5) is 0 Å². The van der Waals surface area contributed by atoms with Crippen LogP contribution in [0.5, 0.6) is 0 Å². The summed E-state index contributed by atoms with van der Waals surface area (Å²) in [5.41, 5.74) is 13.4. The number of carbonyl (C=O) groups is 2. The molecule has 7 aromatic carbocycles. The molecule has 0 aliphatic carbocycles. The van der Waals surface area contributed by atoms with Gasteiger partial charge in [0.05, 0.1) is 52.3 Å². The summed E-state index contributed by atoms with van der Waals surface area (Å²) >= 11 is 0. The molecular weight excluding hydrogens is 1360 g/mol. The van der Waals surface area contributed by atoms with Crippen LogP contribution in [-0.4, -0.2) is 196 Å². The summed E-state index contributed by atoms with van der Waals surface area (Å²) in [6.07, 6.45) is 0. The average Bonchev–Trinajstić information content (AvgIpc) is 1.54. The molecule has 37 heteroatoms. The van der Waals surface area contributed by atoms with Crippen molar-refractivity contribution in [1.82, 2.24) is 141 Å². The van der Waals surface area contributed by atoms with Crippen LogP contribution in [0, 0.1) is 6.92 Å². The van der Waals surface area contributed by atoms with E-state index in [4.69, 9.17) is 19.1 Å². The predicted octanol–water partition coefficient (Wildman–Crippen LogP) is 6.54. The number of hydrogen-bond donors (Lipinski definition) is 0. The maximum Gasteiger partial charge on any atom is 0.337 e. The summed E-state index contributed by atoms with van der Waals surface area (Å²) in [6, 6.07) is 53.7. The molecule has 14 aromatic rings. The third kappa shape index (κ3) is 22.6. The molecule has 0 aliphatic heterocycles. The summed E-state index contributed by atoms with van der Waals surface area (Å²) in [7, 11) is 21.8. The van der Waals surface area contributed by atoms with Gasteiger partial charge in [0.2, 0.25) is 0 Å². The molecule has 0 unspecified atom stereocenters. The SMILES string of the molecule is COC(=O)c1ccc(-c2nnnn2C)cc1.COC(=O)c1ccc(-c2nnnn2C)cc1.COCc1ccc(-c2nnnn2C)cc1.COCc1ccc(-c2nnnn2C)cc1.COCc1ccc(-c2nnnn2C)cc1.COOCc1ccc(-c2nnnn2C)cc1.Cc1ccc(-c2nnnn2C)cc1. The molecule has 0 saturated carbocycles. The minimum absolute atomic E-state index is 0.359. The zero-order valence-electron chi connectivity index (χ0n) is 60.7. The van der Waals surface area contributed by atoms with Crippen molar-refractivity contribution in [2.24, 2.45) is 49.3 Å². The van der Waals surface area contributed by atoms with Crippen molar-refractivity contribution in [3.8, 4) is 79.7 Å². The first kappa shape index (κ1) is 78.5. The Balaban J connectivity index is 0.000000156. The third-order valence-corrected chi connectivity index (χ3v) is 14.9. The molecule has 0 spiro atoms. The number of tetrazole rings is 7. The van der Waals surface area contributed by atoms with Crippen molar-refractivity contribution in [2.75, 3.05) is 42.7 Å². The fourth-order valence-electron chi connectivity index (χ4n) is 9.39. The number of methoxy groups -OCH3 is 5. The second-order valence-corrected chi connectivity index (χ2v) is 22.4. The number of aromatic nitrogens is 28. The van der Waals surface area contributed by atoms with Crippen LogP contribution < -0.4 is 0 Å². The van der Waals surface area contributed by atoms with Gasteiger partial charge in [-0.1, -0.05) is 151 Å². The molecular formula is C69H78N28O9. The van der Waals surface area contributed by atoms with Crippen LogP contribution in [0.15, 0.2) is 170 Å². The summed E-state index contributed by atoms with van der Waals surface area (Å²) in [5, 5.41) is 78.8. The van der Waals surface area contributed by atoms with Gasteiger partial charge in [0.1, 0.15) is 6.61 Å². The van der Waals surface area contributed by atoms with Crippen LogP contribution in [0.2, 0.25) is 0 Å². The highest BCUT2D eigenvalue weighted by Crippen LogP contribution is 2.22. The number of ether oxygens (including phenoxy) is 5. The first-order valence-corrected chi connectivity index (χ1v) is 32.0. The Morgan fingerprint density at radius 1 is 0.274 bits per heavy atom. The van der Waals surface area contributed by atoms with Gasteiger partial charge in [0.25, 0.3) is 0 Å². The Labute approximate surface area is 607 Å². The Morgan fingerprint density at radius 3 is 0.632 bits per heavy atom. The van der Waals surface area contributed by atoms with E-state index >= 15 is 0 Å². The molecule has 14 rings (SSSR count). The lowest BCUT2D eigenvalue weighted by Crippen LogP contribution is -2.01. The summed E-state index contributed by atoms with van der Waals surface area (Å²) in [6.45, 7) is 4.35. The quantitative estimate of drug-likeness (QED) is 0.0500. The van der Waals surface area contributed by atoms with E-state index in [1.54, 1.807) is 124 Å². The number of benzene rings is 7. The second kappa shape index (κ2) is 40.4. The normalized spacial score (nSPS) is 10.4. The largest absolute Gasteiger partial charge is 0.465 e. The van der Waals surface area contributed by atoms with Crippen molar-refractivity contribution in [1.29, 1.82) is 0 Å². The second-order valence-electron chi connectivity index (χ2n) is 22.4. The number of aryl methyl sites for hydroxylation is 8. The maximum atomic E-state index is 11.2. The number of esters is 2. The smallest absolute Gasteiger partial charge is 0.337 e. The van der Waals surface area contributed by atoms with Crippen molar-refractivity contribution >= 4 is 11.9 Å². The first-order valence-electron chi connectivity index (χ1n) is 32.0. The standard InChI is InChI=1S/C10H12N4O2.2C10H10N4O2.3C10H12N4O.C9H10N4/c1-14-10(11-12-13-14)9-5-3-8(4-6-9)7-16-15-2;2*1-14-9(11-12-13-14)7-3-5-8(6-4-7)10(15)16-2;3*1-14-10(11-12-13-14)9-5-3-8(4-6-9)7-15-2;1-7-3-5-8(6-4-7)9-10-11-12-13(9)2/h3-6H,7H2,1-2H3;2*3-6H,1-2H3;3*3-6H,7H2,1-2H3;3-6H,1-2H3. The van der Waals surface area contributed by atoms with E-state index in [-0.39, 0.29) is 11.9 Å². The van der Waals surface area contributed by atoms with Crippen molar-refractivity contribution in [2.45, 2.75) is 33.4 Å². The van der Waals surface area contributed by atoms with Gasteiger partial charge in [-0.25, -0.2) is 52.1 Å². The topological polar surface area (TPSA) is 404 Å². The molecule has 0 aliphatic rings. The molecule has 0 fully saturated rings.